The Morgan fingerprint density at radius 2 is 1.74 bits per heavy atom. The molecular formula is C18H25F3N2O4. The molecule has 0 bridgehead atoms. The second kappa shape index (κ2) is 5.85. The van der Waals surface area contributed by atoms with Gasteiger partial charge in [-0.25, -0.2) is 4.79 Å². The predicted molar refractivity (Wildman–Crippen MR) is 88.5 cm³/mol. The van der Waals surface area contributed by atoms with Crippen LogP contribution in [0.25, 0.3) is 0 Å². The lowest BCUT2D eigenvalue weighted by Crippen LogP contribution is -2.58. The fourth-order valence-electron chi connectivity index (χ4n) is 4.89. The third-order valence-electron chi connectivity index (χ3n) is 6.63. The molecule has 2 aliphatic carbocycles. The molecule has 2 amide bonds. The molecule has 2 saturated carbocycles. The fraction of sp³-hybridized carbons (Fsp3) is 0.833. The summed E-state index contributed by atoms with van der Waals surface area (Å²) < 4.78 is 38.1. The number of carbonyl (C=O) groups is 3. The third kappa shape index (κ3) is 3.18. The zero-order valence-corrected chi connectivity index (χ0v) is 15.7. The van der Waals surface area contributed by atoms with Crippen molar-refractivity contribution in [3.05, 3.63) is 0 Å². The van der Waals surface area contributed by atoms with E-state index >= 15 is 0 Å². The average molecular weight is 390 g/mol. The van der Waals surface area contributed by atoms with Gasteiger partial charge < -0.3 is 15.3 Å². The Balaban J connectivity index is 1.84. The fourth-order valence-corrected chi connectivity index (χ4v) is 4.89. The van der Waals surface area contributed by atoms with Crippen molar-refractivity contribution >= 4 is 17.8 Å². The summed E-state index contributed by atoms with van der Waals surface area (Å²) in [4.78, 5) is 37.4. The number of nitrogens with one attached hydrogen (secondary N) is 1. The summed E-state index contributed by atoms with van der Waals surface area (Å²) in [7, 11) is 0. The molecule has 0 aromatic heterocycles. The highest BCUT2D eigenvalue weighted by molar-refractivity contribution is 5.93. The van der Waals surface area contributed by atoms with E-state index in [1.807, 2.05) is 0 Å². The number of fused-ring (bicyclic) bond motifs is 1. The molecule has 3 fully saturated rings. The zero-order valence-electron chi connectivity index (χ0n) is 15.7. The van der Waals surface area contributed by atoms with Gasteiger partial charge in [0.15, 0.2) is 0 Å². The summed E-state index contributed by atoms with van der Waals surface area (Å²) in [6.45, 7) is 4.85. The standard InChI is InChI=1S/C18H25F3N2O4/c1-15(2,3)11(22-14(27)18(19,20)21)12(24)23-9-17(7-10(23)13(25)26)8-16(17)5-4-6-16/h10-11H,4-9H2,1-3H3,(H,22,27)(H,25,26)/t10-,11+,17?/m0/s1. The van der Waals surface area contributed by atoms with Crippen molar-refractivity contribution in [3.8, 4) is 0 Å². The van der Waals surface area contributed by atoms with Crippen LogP contribution in [-0.4, -0.2) is 52.6 Å². The minimum absolute atomic E-state index is 0.0994. The second-order valence-corrected chi connectivity index (χ2v) is 9.39. The van der Waals surface area contributed by atoms with E-state index < -0.39 is 41.5 Å². The van der Waals surface area contributed by atoms with Crippen molar-refractivity contribution in [1.82, 2.24) is 10.2 Å². The molecule has 1 aliphatic heterocycles. The molecule has 3 atom stereocenters. The average Bonchev–Trinajstić information content (AvgIpc) is 2.96. The zero-order chi connectivity index (χ0) is 20.4. The van der Waals surface area contributed by atoms with Crippen molar-refractivity contribution in [3.63, 3.8) is 0 Å². The molecule has 0 aromatic rings. The minimum Gasteiger partial charge on any atom is -0.480 e. The Morgan fingerprint density at radius 1 is 1.15 bits per heavy atom. The summed E-state index contributed by atoms with van der Waals surface area (Å²) in [6.07, 6.45) is -0.820. The van der Waals surface area contributed by atoms with Crippen molar-refractivity contribution in [2.45, 2.75) is 71.1 Å². The number of alkyl halides is 3. The van der Waals surface area contributed by atoms with E-state index in [9.17, 15) is 32.7 Å². The number of carboxylic acids is 1. The maximum atomic E-state index is 13.1. The summed E-state index contributed by atoms with van der Waals surface area (Å²) in [5, 5.41) is 11.4. The molecule has 2 spiro atoms. The van der Waals surface area contributed by atoms with Gasteiger partial charge in [0.05, 0.1) is 0 Å². The predicted octanol–water partition coefficient (Wildman–Crippen LogP) is 2.33. The van der Waals surface area contributed by atoms with Gasteiger partial charge >= 0.3 is 18.1 Å². The Morgan fingerprint density at radius 3 is 2.11 bits per heavy atom. The van der Waals surface area contributed by atoms with Crippen molar-refractivity contribution in [1.29, 1.82) is 0 Å². The number of hydrogen-bond donors (Lipinski definition) is 2. The van der Waals surface area contributed by atoms with Crippen LogP contribution >= 0.6 is 0 Å². The number of hydrogen-bond acceptors (Lipinski definition) is 3. The molecule has 0 radical (unpaired) electrons. The molecule has 152 valence electrons. The van der Waals surface area contributed by atoms with Crippen molar-refractivity contribution in [2.75, 3.05) is 6.54 Å². The molecule has 1 heterocycles. The maximum absolute atomic E-state index is 13.1. The van der Waals surface area contributed by atoms with Crippen LogP contribution in [0.3, 0.4) is 0 Å². The third-order valence-corrected chi connectivity index (χ3v) is 6.63. The number of rotatable bonds is 3. The van der Waals surface area contributed by atoms with E-state index in [0.717, 1.165) is 25.7 Å². The summed E-state index contributed by atoms with van der Waals surface area (Å²) >= 11 is 0. The van der Waals surface area contributed by atoms with Crippen LogP contribution in [0.2, 0.25) is 0 Å². The lowest BCUT2D eigenvalue weighted by Gasteiger charge is -2.35. The van der Waals surface area contributed by atoms with Crippen LogP contribution in [0.15, 0.2) is 0 Å². The number of carboxylic acid groups (broad SMARTS) is 1. The van der Waals surface area contributed by atoms with Gasteiger partial charge in [0.1, 0.15) is 12.1 Å². The maximum Gasteiger partial charge on any atom is 0.471 e. The number of likely N-dealkylation sites (tertiary alicyclic amines) is 1. The van der Waals surface area contributed by atoms with E-state index in [2.05, 4.69) is 0 Å². The van der Waals surface area contributed by atoms with Crippen LogP contribution in [0.1, 0.15) is 52.9 Å². The highest BCUT2D eigenvalue weighted by atomic mass is 19.4. The lowest BCUT2D eigenvalue weighted by atomic mass is 9.74. The molecule has 3 rings (SSSR count). The Hall–Kier alpha value is -1.80. The van der Waals surface area contributed by atoms with Gasteiger partial charge in [-0.05, 0) is 41.9 Å². The normalized spacial score (nSPS) is 30.1. The van der Waals surface area contributed by atoms with Gasteiger partial charge in [-0.3, -0.25) is 9.59 Å². The molecule has 2 N–H and O–H groups in total. The summed E-state index contributed by atoms with van der Waals surface area (Å²) in [5.41, 5.74) is -1.14. The van der Waals surface area contributed by atoms with Crippen LogP contribution in [0.5, 0.6) is 0 Å². The Kier molecular flexibility index (Phi) is 4.32. The van der Waals surface area contributed by atoms with E-state index in [-0.39, 0.29) is 17.4 Å². The van der Waals surface area contributed by atoms with E-state index in [4.69, 9.17) is 0 Å². The SMILES string of the molecule is CC(C)(C)[C@H](NC(=O)C(F)(F)F)C(=O)N1CC2(C[C@H]1C(=O)O)CC21CCC1. The van der Waals surface area contributed by atoms with Gasteiger partial charge in [0, 0.05) is 6.54 Å². The van der Waals surface area contributed by atoms with E-state index in [0.29, 0.717) is 6.42 Å². The van der Waals surface area contributed by atoms with Gasteiger partial charge in [-0.2, -0.15) is 13.2 Å². The van der Waals surface area contributed by atoms with Gasteiger partial charge in [-0.15, -0.1) is 0 Å². The van der Waals surface area contributed by atoms with Crippen LogP contribution in [0.4, 0.5) is 13.2 Å². The molecule has 3 aliphatic rings. The topological polar surface area (TPSA) is 86.7 Å². The van der Waals surface area contributed by atoms with Crippen LogP contribution < -0.4 is 5.32 Å². The molecule has 27 heavy (non-hydrogen) atoms. The van der Waals surface area contributed by atoms with Crippen molar-refractivity contribution < 1.29 is 32.7 Å². The molecule has 1 unspecified atom stereocenters. The van der Waals surface area contributed by atoms with Crippen LogP contribution in [-0.2, 0) is 14.4 Å². The van der Waals surface area contributed by atoms with Gasteiger partial charge in [-0.1, -0.05) is 27.2 Å². The Bertz CT molecular complexity index is 681. The molecular weight excluding hydrogens is 365 g/mol. The number of nitrogens with zero attached hydrogens (tertiary/aromatic N) is 1. The highest BCUT2D eigenvalue weighted by Crippen LogP contribution is 2.77. The van der Waals surface area contributed by atoms with E-state index in [1.165, 1.54) is 4.90 Å². The smallest absolute Gasteiger partial charge is 0.471 e. The first-order valence-electron chi connectivity index (χ1n) is 9.14. The Labute approximate surface area is 155 Å². The first kappa shape index (κ1) is 19.9. The highest BCUT2D eigenvalue weighted by Gasteiger charge is 2.73. The van der Waals surface area contributed by atoms with Gasteiger partial charge in [0.25, 0.3) is 0 Å². The number of halogens is 3. The number of carbonyl (C=O) groups excluding carboxylic acids is 2. The summed E-state index contributed by atoms with van der Waals surface area (Å²) in [6, 6.07) is -2.52. The number of aliphatic carboxylic acids is 1. The quantitative estimate of drug-likeness (QED) is 0.774. The second-order valence-electron chi connectivity index (χ2n) is 9.39. The number of amides is 2. The summed E-state index contributed by atoms with van der Waals surface area (Å²) in [5.74, 6) is -4.11. The molecule has 1 saturated heterocycles. The lowest BCUT2D eigenvalue weighted by molar-refractivity contribution is -0.176. The van der Waals surface area contributed by atoms with Crippen LogP contribution in [0, 0.1) is 16.2 Å². The largest absolute Gasteiger partial charge is 0.480 e. The molecule has 9 heteroatoms. The minimum atomic E-state index is -5.12. The van der Waals surface area contributed by atoms with E-state index in [1.54, 1.807) is 26.1 Å². The first-order chi connectivity index (χ1) is 12.2. The first-order valence-corrected chi connectivity index (χ1v) is 9.14. The molecule has 0 aromatic carbocycles. The molecule has 6 nitrogen and oxygen atoms in total. The van der Waals surface area contributed by atoms with Crippen molar-refractivity contribution in [2.24, 2.45) is 16.2 Å². The van der Waals surface area contributed by atoms with Gasteiger partial charge in [0.2, 0.25) is 5.91 Å². The monoisotopic (exact) mass is 390 g/mol.